The predicted molar refractivity (Wildman–Crippen MR) is 124 cm³/mol. The van der Waals surface area contributed by atoms with Crippen molar-refractivity contribution in [3.05, 3.63) is 31.0 Å². The molecule has 3 aromatic heterocycles. The Hall–Kier alpha value is -2.83. The molecule has 2 atom stereocenters. The highest BCUT2D eigenvalue weighted by atomic mass is 28.3. The number of ketones is 1. The molecule has 1 unspecified atom stereocenters. The quantitative estimate of drug-likeness (QED) is 0.353. The lowest BCUT2D eigenvalue weighted by molar-refractivity contribution is -0.117. The molecule has 4 rings (SSSR count). The van der Waals surface area contributed by atoms with Crippen molar-refractivity contribution in [3.8, 4) is 17.3 Å². The van der Waals surface area contributed by atoms with Crippen LogP contribution in [0.5, 0.6) is 0 Å². The van der Waals surface area contributed by atoms with Crippen LogP contribution in [0.3, 0.4) is 0 Å². The van der Waals surface area contributed by atoms with Gasteiger partial charge in [0.25, 0.3) is 0 Å². The number of hydrogen-bond acceptors (Lipinski definition) is 6. The van der Waals surface area contributed by atoms with Gasteiger partial charge in [-0.2, -0.15) is 10.4 Å². The van der Waals surface area contributed by atoms with Gasteiger partial charge >= 0.3 is 0 Å². The number of ether oxygens (including phenoxy) is 1. The fraction of sp³-hybridized carbons (Fsp3) is 0.522. The van der Waals surface area contributed by atoms with Crippen LogP contribution in [0.2, 0.25) is 25.7 Å². The first-order valence-electron chi connectivity index (χ1n) is 11.2. The smallest absolute Gasteiger partial charge is 0.145 e. The fourth-order valence-corrected chi connectivity index (χ4v) is 5.02. The molecule has 0 amide bonds. The van der Waals surface area contributed by atoms with Crippen LogP contribution in [0.25, 0.3) is 22.3 Å². The van der Waals surface area contributed by atoms with Crippen LogP contribution in [0.4, 0.5) is 0 Å². The molecule has 0 spiro atoms. The van der Waals surface area contributed by atoms with E-state index in [4.69, 9.17) is 4.74 Å². The van der Waals surface area contributed by atoms with Crippen molar-refractivity contribution in [2.75, 3.05) is 6.61 Å². The highest BCUT2D eigenvalue weighted by molar-refractivity contribution is 6.76. The maximum atomic E-state index is 11.8. The van der Waals surface area contributed by atoms with Crippen LogP contribution in [-0.4, -0.2) is 44.8 Å². The monoisotopic (exact) mass is 450 g/mol. The maximum Gasteiger partial charge on any atom is 0.145 e. The minimum absolute atomic E-state index is 0.0955. The summed E-state index contributed by atoms with van der Waals surface area (Å²) in [7, 11) is -1.12. The number of nitriles is 1. The van der Waals surface area contributed by atoms with Gasteiger partial charge in [0.15, 0.2) is 0 Å². The van der Waals surface area contributed by atoms with Crippen molar-refractivity contribution in [1.82, 2.24) is 24.3 Å². The highest BCUT2D eigenvalue weighted by Gasteiger charge is 2.31. The van der Waals surface area contributed by atoms with Crippen LogP contribution in [0.1, 0.15) is 31.7 Å². The molecule has 1 aliphatic carbocycles. The Morgan fingerprint density at radius 2 is 2.19 bits per heavy atom. The normalized spacial score (nSPS) is 17.7. The number of Topliss-reactive ketones (excluding diaryl/α,β-unsaturated/α-hetero) is 1. The molecule has 0 bridgehead atoms. The summed E-state index contributed by atoms with van der Waals surface area (Å²) in [5.74, 6) is 0.436. The van der Waals surface area contributed by atoms with Crippen molar-refractivity contribution < 1.29 is 9.53 Å². The van der Waals surface area contributed by atoms with E-state index in [1.54, 1.807) is 12.5 Å². The van der Waals surface area contributed by atoms with Gasteiger partial charge in [-0.1, -0.05) is 19.6 Å². The van der Waals surface area contributed by atoms with E-state index in [1.165, 1.54) is 0 Å². The molecule has 0 N–H and O–H groups in total. The lowest BCUT2D eigenvalue weighted by Gasteiger charge is -2.20. The molecule has 3 heterocycles. The lowest BCUT2D eigenvalue weighted by Crippen LogP contribution is -2.22. The van der Waals surface area contributed by atoms with Crippen LogP contribution < -0.4 is 0 Å². The van der Waals surface area contributed by atoms with E-state index in [1.807, 2.05) is 27.7 Å². The molecule has 1 saturated carbocycles. The standard InChI is InChI=1S/C23H30N6O2Si/c1-32(2,3)11-10-31-16-28-9-7-20-22(25-15-26-23(20)28)18-13-27-29(14-18)21(6-8-24)17-4-5-19(30)12-17/h7,9,13-15,17,21H,4-6,10-12,16H2,1-3H3/t17-,21?/m1/s1. The van der Waals surface area contributed by atoms with Crippen LogP contribution in [0, 0.1) is 17.2 Å². The Kier molecular flexibility index (Phi) is 6.53. The summed E-state index contributed by atoms with van der Waals surface area (Å²) in [6.07, 6.45) is 9.54. The molecule has 0 aromatic carbocycles. The van der Waals surface area contributed by atoms with Crippen molar-refractivity contribution in [1.29, 1.82) is 5.26 Å². The van der Waals surface area contributed by atoms with Gasteiger partial charge in [-0.25, -0.2) is 9.97 Å². The van der Waals surface area contributed by atoms with Crippen molar-refractivity contribution in [2.45, 2.75) is 64.1 Å². The third-order valence-electron chi connectivity index (χ3n) is 6.13. The van der Waals surface area contributed by atoms with Crippen LogP contribution >= 0.6 is 0 Å². The molecule has 0 radical (unpaired) electrons. The van der Waals surface area contributed by atoms with E-state index in [-0.39, 0.29) is 17.7 Å². The SMILES string of the molecule is C[Si](C)(C)CCOCn1ccc2c(-c3cnn(C(CC#N)[C@@H]4CCC(=O)C4)c3)ncnc21. The van der Waals surface area contributed by atoms with E-state index in [0.717, 1.165) is 41.4 Å². The molecular formula is C23H30N6O2Si. The van der Waals surface area contributed by atoms with Crippen LogP contribution in [-0.2, 0) is 16.3 Å². The first-order valence-corrected chi connectivity index (χ1v) is 14.9. The molecule has 0 saturated heterocycles. The van der Waals surface area contributed by atoms with E-state index in [2.05, 4.69) is 40.8 Å². The maximum absolute atomic E-state index is 11.8. The summed E-state index contributed by atoms with van der Waals surface area (Å²) < 4.78 is 9.74. The number of fused-ring (bicyclic) bond motifs is 1. The van der Waals surface area contributed by atoms with Gasteiger partial charge in [0.2, 0.25) is 0 Å². The molecule has 0 aliphatic heterocycles. The van der Waals surface area contributed by atoms with Crippen molar-refractivity contribution in [3.63, 3.8) is 0 Å². The summed E-state index contributed by atoms with van der Waals surface area (Å²) >= 11 is 0. The average Bonchev–Trinajstić information content (AvgIpc) is 3.48. The van der Waals surface area contributed by atoms with E-state index >= 15 is 0 Å². The molecule has 8 nitrogen and oxygen atoms in total. The van der Waals surface area contributed by atoms with E-state index < -0.39 is 8.07 Å². The second-order valence-electron chi connectivity index (χ2n) is 9.77. The topological polar surface area (TPSA) is 98.6 Å². The summed E-state index contributed by atoms with van der Waals surface area (Å²) in [5, 5.41) is 14.8. The van der Waals surface area contributed by atoms with Gasteiger partial charge in [-0.15, -0.1) is 0 Å². The van der Waals surface area contributed by atoms with Gasteiger partial charge in [0, 0.05) is 50.9 Å². The van der Waals surface area contributed by atoms with Crippen LogP contribution in [0.15, 0.2) is 31.0 Å². The zero-order chi connectivity index (χ0) is 22.7. The minimum atomic E-state index is -1.12. The Labute approximate surface area is 189 Å². The number of aromatic nitrogens is 5. The van der Waals surface area contributed by atoms with Crippen molar-refractivity contribution >= 4 is 24.9 Å². The molecule has 1 aliphatic rings. The predicted octanol–water partition coefficient (Wildman–Crippen LogP) is 4.43. The first-order chi connectivity index (χ1) is 15.4. The summed E-state index contributed by atoms with van der Waals surface area (Å²) in [6, 6.07) is 5.30. The van der Waals surface area contributed by atoms with E-state index in [9.17, 15) is 10.1 Å². The van der Waals surface area contributed by atoms with E-state index in [0.29, 0.717) is 26.0 Å². The third kappa shape index (κ3) is 4.97. The highest BCUT2D eigenvalue weighted by Crippen LogP contribution is 2.35. The van der Waals surface area contributed by atoms with Gasteiger partial charge in [-0.3, -0.25) is 9.48 Å². The number of rotatable bonds is 9. The Balaban J connectivity index is 1.54. The lowest BCUT2D eigenvalue weighted by atomic mass is 9.96. The summed E-state index contributed by atoms with van der Waals surface area (Å²) in [6.45, 7) is 8.24. The Morgan fingerprint density at radius 1 is 1.34 bits per heavy atom. The van der Waals surface area contributed by atoms with Gasteiger partial charge in [-0.05, 0) is 24.4 Å². The zero-order valence-electron chi connectivity index (χ0n) is 19.0. The second-order valence-corrected chi connectivity index (χ2v) is 15.4. The first kappa shape index (κ1) is 22.4. The minimum Gasteiger partial charge on any atom is -0.361 e. The van der Waals surface area contributed by atoms with Crippen molar-refractivity contribution in [2.24, 2.45) is 5.92 Å². The Bertz CT molecular complexity index is 1140. The fourth-order valence-electron chi connectivity index (χ4n) is 4.26. The molecule has 1 fully saturated rings. The summed E-state index contributed by atoms with van der Waals surface area (Å²) in [4.78, 5) is 20.8. The molecule has 32 heavy (non-hydrogen) atoms. The van der Waals surface area contributed by atoms with Gasteiger partial charge in [0.1, 0.15) is 24.5 Å². The zero-order valence-corrected chi connectivity index (χ0v) is 20.0. The van der Waals surface area contributed by atoms with Gasteiger partial charge < -0.3 is 9.30 Å². The second kappa shape index (κ2) is 9.34. The number of carbonyl (C=O) groups is 1. The van der Waals surface area contributed by atoms with Gasteiger partial charge in [0.05, 0.1) is 30.4 Å². The Morgan fingerprint density at radius 3 is 2.91 bits per heavy atom. The summed E-state index contributed by atoms with van der Waals surface area (Å²) in [5.41, 5.74) is 2.51. The largest absolute Gasteiger partial charge is 0.361 e. The third-order valence-corrected chi connectivity index (χ3v) is 7.83. The average molecular weight is 451 g/mol. The number of carbonyl (C=O) groups excluding carboxylic acids is 1. The number of hydrogen-bond donors (Lipinski definition) is 0. The molecule has 3 aromatic rings. The number of nitrogens with zero attached hydrogens (tertiary/aromatic N) is 6. The molecule has 9 heteroatoms. The molecular weight excluding hydrogens is 420 g/mol. The molecule has 168 valence electrons.